The zero-order chi connectivity index (χ0) is 25.9. The molecular formula is C26H50N2O7. The van der Waals surface area contributed by atoms with Gasteiger partial charge < -0.3 is 35.4 Å². The number of aliphatic hydroxyl groups is 2. The highest BCUT2D eigenvalue weighted by Gasteiger charge is 2.41. The molecule has 1 rings (SSSR count). The smallest absolute Gasteiger partial charge is 0.320 e. The summed E-state index contributed by atoms with van der Waals surface area (Å²) < 4.78 is 11.4. The van der Waals surface area contributed by atoms with E-state index in [1.54, 1.807) is 0 Å². The molecule has 2 unspecified atom stereocenters. The van der Waals surface area contributed by atoms with Gasteiger partial charge in [0.2, 0.25) is 0 Å². The number of carboxylic acid groups (broad SMARTS) is 1. The molecule has 0 aromatic rings. The highest BCUT2D eigenvalue weighted by molar-refractivity contribution is 5.81. The van der Waals surface area contributed by atoms with E-state index < -0.39 is 42.5 Å². The summed E-state index contributed by atoms with van der Waals surface area (Å²) in [7, 11) is 0. The fourth-order valence-electron chi connectivity index (χ4n) is 4.31. The highest BCUT2D eigenvalue weighted by atomic mass is 16.7. The number of hydrogen-bond donors (Lipinski definition) is 5. The van der Waals surface area contributed by atoms with E-state index in [1.165, 1.54) is 51.4 Å². The fraction of sp³-hybridized carbons (Fsp3) is 0.923. The number of carbonyl (C=O) groups is 2. The van der Waals surface area contributed by atoms with Crippen LogP contribution in [0.1, 0.15) is 104 Å². The average molecular weight is 503 g/mol. The van der Waals surface area contributed by atoms with Crippen LogP contribution in [0.4, 0.5) is 0 Å². The van der Waals surface area contributed by atoms with Crippen LogP contribution in [-0.2, 0) is 19.1 Å². The lowest BCUT2D eigenvalue weighted by molar-refractivity contribution is -0.246. The second-order valence-corrected chi connectivity index (χ2v) is 9.57. The lowest BCUT2D eigenvalue weighted by Gasteiger charge is -2.36. The fourth-order valence-corrected chi connectivity index (χ4v) is 4.31. The summed E-state index contributed by atoms with van der Waals surface area (Å²) in [6.07, 6.45) is 9.80. The number of aliphatic carboxylic acids is 1. The zero-order valence-electron chi connectivity index (χ0n) is 21.9. The Bertz CT molecular complexity index is 564. The van der Waals surface area contributed by atoms with Crippen molar-refractivity contribution in [2.45, 2.75) is 134 Å². The Morgan fingerprint density at radius 3 is 2.17 bits per heavy atom. The number of aliphatic hydroxyl groups excluding tert-OH is 2. The first-order chi connectivity index (χ1) is 16.9. The SMILES string of the molecule is CCCCCCCCCCCCO[C@H]1C[C@@H](O)C(O)[C@@H](C(=O)NCCCCC(NCC)C(=O)O)O1. The minimum atomic E-state index is -1.31. The summed E-state index contributed by atoms with van der Waals surface area (Å²) in [5.74, 6) is -1.38. The number of ether oxygens (including phenoxy) is 2. The Hall–Kier alpha value is -1.26. The van der Waals surface area contributed by atoms with E-state index in [4.69, 9.17) is 14.6 Å². The van der Waals surface area contributed by atoms with Crippen molar-refractivity contribution in [1.29, 1.82) is 0 Å². The van der Waals surface area contributed by atoms with Gasteiger partial charge in [0.15, 0.2) is 12.4 Å². The molecule has 1 heterocycles. The Morgan fingerprint density at radius 2 is 1.57 bits per heavy atom. The van der Waals surface area contributed by atoms with Crippen molar-refractivity contribution < 1.29 is 34.4 Å². The van der Waals surface area contributed by atoms with Crippen LogP contribution in [0.2, 0.25) is 0 Å². The first kappa shape index (κ1) is 31.8. The van der Waals surface area contributed by atoms with E-state index in [9.17, 15) is 19.8 Å². The largest absolute Gasteiger partial charge is 0.480 e. The highest BCUT2D eigenvalue weighted by Crippen LogP contribution is 2.22. The van der Waals surface area contributed by atoms with E-state index in [-0.39, 0.29) is 6.42 Å². The zero-order valence-corrected chi connectivity index (χ0v) is 21.9. The predicted molar refractivity (Wildman–Crippen MR) is 135 cm³/mol. The topological polar surface area (TPSA) is 137 Å². The van der Waals surface area contributed by atoms with Crippen LogP contribution in [0.15, 0.2) is 0 Å². The molecule has 1 aliphatic rings. The third-order valence-electron chi connectivity index (χ3n) is 6.46. The minimum absolute atomic E-state index is 0.129. The van der Waals surface area contributed by atoms with Crippen molar-refractivity contribution >= 4 is 11.9 Å². The van der Waals surface area contributed by atoms with Crippen LogP contribution in [-0.4, -0.2) is 77.5 Å². The average Bonchev–Trinajstić information content (AvgIpc) is 2.83. The van der Waals surface area contributed by atoms with E-state index in [0.717, 1.165) is 12.8 Å². The van der Waals surface area contributed by atoms with Crippen molar-refractivity contribution in [3.05, 3.63) is 0 Å². The van der Waals surface area contributed by atoms with E-state index in [0.29, 0.717) is 39.0 Å². The Labute approximate surface area is 211 Å². The molecule has 0 aliphatic carbocycles. The van der Waals surface area contributed by atoms with Gasteiger partial charge in [0, 0.05) is 19.6 Å². The van der Waals surface area contributed by atoms with Crippen molar-refractivity contribution in [2.24, 2.45) is 0 Å². The molecule has 0 saturated carbocycles. The molecule has 5 atom stereocenters. The number of amides is 1. The predicted octanol–water partition coefficient (Wildman–Crippen LogP) is 3.11. The van der Waals surface area contributed by atoms with Crippen LogP contribution in [0, 0.1) is 0 Å². The third-order valence-corrected chi connectivity index (χ3v) is 6.46. The van der Waals surface area contributed by atoms with Gasteiger partial charge in [0.05, 0.1) is 6.10 Å². The summed E-state index contributed by atoms with van der Waals surface area (Å²) in [4.78, 5) is 23.6. The molecule has 206 valence electrons. The standard InChI is InChI=1S/C26H50N2O7/c1-3-5-6-7-8-9-10-11-12-15-18-34-22-19-21(29)23(30)24(35-22)25(31)28-17-14-13-16-20(26(32)33)27-4-2/h20-24,27,29-30H,3-19H2,1-2H3,(H,28,31)(H,32,33)/t20?,21-,22-,23?,24+/m1/s1. The van der Waals surface area contributed by atoms with Crippen LogP contribution in [0.25, 0.3) is 0 Å². The molecule has 0 aromatic heterocycles. The maximum Gasteiger partial charge on any atom is 0.320 e. The molecule has 0 spiro atoms. The summed E-state index contributed by atoms with van der Waals surface area (Å²) >= 11 is 0. The van der Waals surface area contributed by atoms with Gasteiger partial charge in [-0.05, 0) is 32.2 Å². The lowest BCUT2D eigenvalue weighted by Crippen LogP contribution is -2.55. The van der Waals surface area contributed by atoms with Crippen molar-refractivity contribution in [3.63, 3.8) is 0 Å². The molecule has 5 N–H and O–H groups in total. The monoisotopic (exact) mass is 502 g/mol. The number of carboxylic acids is 1. The van der Waals surface area contributed by atoms with Gasteiger partial charge in [-0.2, -0.15) is 0 Å². The first-order valence-electron chi connectivity index (χ1n) is 13.8. The first-order valence-corrected chi connectivity index (χ1v) is 13.8. The summed E-state index contributed by atoms with van der Waals surface area (Å²) in [6, 6.07) is -0.595. The Balaban J connectivity index is 2.20. The second-order valence-electron chi connectivity index (χ2n) is 9.57. The molecule has 1 amide bonds. The van der Waals surface area contributed by atoms with Gasteiger partial charge in [0.25, 0.3) is 5.91 Å². The molecule has 9 nitrogen and oxygen atoms in total. The minimum Gasteiger partial charge on any atom is -0.480 e. The number of unbranched alkanes of at least 4 members (excludes halogenated alkanes) is 10. The van der Waals surface area contributed by atoms with Gasteiger partial charge in [-0.15, -0.1) is 0 Å². The van der Waals surface area contributed by atoms with Gasteiger partial charge in [-0.25, -0.2) is 0 Å². The normalized spacial score (nSPS) is 23.2. The summed E-state index contributed by atoms with van der Waals surface area (Å²) in [6.45, 7) is 5.50. The number of carbonyl (C=O) groups excluding carboxylic acids is 1. The Kier molecular flexibility index (Phi) is 18.0. The van der Waals surface area contributed by atoms with Crippen LogP contribution < -0.4 is 10.6 Å². The Morgan fingerprint density at radius 1 is 0.943 bits per heavy atom. The van der Waals surface area contributed by atoms with Crippen LogP contribution in [0.3, 0.4) is 0 Å². The quantitative estimate of drug-likeness (QED) is 0.151. The molecule has 0 aromatic carbocycles. The molecule has 0 bridgehead atoms. The van der Waals surface area contributed by atoms with Gasteiger partial charge in [0.1, 0.15) is 12.1 Å². The lowest BCUT2D eigenvalue weighted by atomic mass is 10.0. The van der Waals surface area contributed by atoms with Crippen LogP contribution >= 0.6 is 0 Å². The summed E-state index contributed by atoms with van der Waals surface area (Å²) in [5.41, 5.74) is 0. The molecule has 0 radical (unpaired) electrons. The number of hydrogen-bond acceptors (Lipinski definition) is 7. The molecule has 35 heavy (non-hydrogen) atoms. The number of nitrogens with one attached hydrogen (secondary N) is 2. The van der Waals surface area contributed by atoms with Crippen molar-refractivity contribution in [2.75, 3.05) is 19.7 Å². The summed E-state index contributed by atoms with van der Waals surface area (Å²) in [5, 5.41) is 35.1. The second kappa shape index (κ2) is 19.9. The molecule has 1 saturated heterocycles. The number of rotatable bonds is 21. The van der Waals surface area contributed by atoms with Gasteiger partial charge in [-0.3, -0.25) is 9.59 Å². The molecule has 1 fully saturated rings. The maximum atomic E-state index is 12.5. The maximum absolute atomic E-state index is 12.5. The third kappa shape index (κ3) is 14.2. The van der Waals surface area contributed by atoms with E-state index >= 15 is 0 Å². The molecule has 1 aliphatic heterocycles. The molecule has 9 heteroatoms. The van der Waals surface area contributed by atoms with E-state index in [1.807, 2.05) is 6.92 Å². The van der Waals surface area contributed by atoms with Crippen LogP contribution in [0.5, 0.6) is 0 Å². The molecular weight excluding hydrogens is 452 g/mol. The van der Waals surface area contributed by atoms with Gasteiger partial charge >= 0.3 is 5.97 Å². The van der Waals surface area contributed by atoms with Crippen molar-refractivity contribution in [1.82, 2.24) is 10.6 Å². The van der Waals surface area contributed by atoms with Gasteiger partial charge in [-0.1, -0.05) is 71.6 Å². The van der Waals surface area contributed by atoms with Crippen molar-refractivity contribution in [3.8, 4) is 0 Å². The van der Waals surface area contributed by atoms with E-state index in [2.05, 4.69) is 17.6 Å². The number of likely N-dealkylation sites (N-methyl/N-ethyl adjacent to an activating group) is 1.